The molecule has 31 heavy (non-hydrogen) atoms. The summed E-state index contributed by atoms with van der Waals surface area (Å²) >= 11 is 1.06. The van der Waals surface area contributed by atoms with Crippen LogP contribution in [0.4, 0.5) is 23.2 Å². The van der Waals surface area contributed by atoms with Crippen LogP contribution >= 0.6 is 11.3 Å². The largest absolute Gasteiger partial charge is 0.418 e. The van der Waals surface area contributed by atoms with Crippen molar-refractivity contribution in [3.05, 3.63) is 70.0 Å². The number of alkyl halides is 3. The number of fused-ring (bicyclic) bond motifs is 3. The third-order valence-corrected chi connectivity index (χ3v) is 5.89. The Morgan fingerprint density at radius 2 is 1.90 bits per heavy atom. The van der Waals surface area contributed by atoms with E-state index in [1.54, 1.807) is 13.0 Å². The molecule has 0 bridgehead atoms. The lowest BCUT2D eigenvalue weighted by molar-refractivity contribution is -0.137. The smallest absolute Gasteiger partial charge is 0.324 e. The summed E-state index contributed by atoms with van der Waals surface area (Å²) in [6.07, 6.45) is -4.37. The van der Waals surface area contributed by atoms with Crippen molar-refractivity contribution in [2.75, 3.05) is 5.32 Å². The Kier molecular flexibility index (Phi) is 5.26. The van der Waals surface area contributed by atoms with E-state index in [0.29, 0.717) is 4.70 Å². The summed E-state index contributed by atoms with van der Waals surface area (Å²) in [5.74, 6) is -1.07. The number of anilines is 1. The van der Waals surface area contributed by atoms with Crippen LogP contribution in [0.15, 0.2) is 47.3 Å². The lowest BCUT2D eigenvalue weighted by Crippen LogP contribution is -2.31. The van der Waals surface area contributed by atoms with Crippen LogP contribution in [0.25, 0.3) is 20.3 Å². The number of carbonyl (C=O) groups excluding carboxylic acids is 1. The van der Waals surface area contributed by atoms with Crippen LogP contribution in [-0.4, -0.2) is 15.5 Å². The lowest BCUT2D eigenvalue weighted by Gasteiger charge is -2.15. The van der Waals surface area contributed by atoms with Crippen LogP contribution in [0.3, 0.4) is 0 Å². The van der Waals surface area contributed by atoms with Gasteiger partial charge in [-0.15, -0.1) is 11.3 Å². The Hall–Kier alpha value is -3.27. The number of aryl methyl sites for hydroxylation is 1. The first-order valence-electron chi connectivity index (χ1n) is 9.27. The van der Waals surface area contributed by atoms with Gasteiger partial charge >= 0.3 is 6.18 Å². The van der Waals surface area contributed by atoms with Crippen LogP contribution in [0.5, 0.6) is 0 Å². The van der Waals surface area contributed by atoms with Gasteiger partial charge in [0, 0.05) is 11.1 Å². The Labute approximate surface area is 177 Å². The van der Waals surface area contributed by atoms with Crippen molar-refractivity contribution in [1.29, 1.82) is 0 Å². The fourth-order valence-corrected chi connectivity index (χ4v) is 4.48. The lowest BCUT2D eigenvalue weighted by atomic mass is 10.1. The van der Waals surface area contributed by atoms with Crippen LogP contribution in [0.1, 0.15) is 18.3 Å². The number of hydrogen-bond donors (Lipinski definition) is 1. The molecule has 0 saturated carbocycles. The molecule has 1 N–H and O–H groups in total. The predicted octanol–water partition coefficient (Wildman–Crippen LogP) is 4.97. The highest BCUT2D eigenvalue weighted by Gasteiger charge is 2.33. The van der Waals surface area contributed by atoms with Gasteiger partial charge in [0.05, 0.1) is 22.2 Å². The maximum atomic E-state index is 14.3. The quantitative estimate of drug-likeness (QED) is 0.448. The minimum Gasteiger partial charge on any atom is -0.324 e. The van der Waals surface area contributed by atoms with Crippen molar-refractivity contribution in [2.45, 2.75) is 26.1 Å². The Bertz CT molecular complexity index is 1380. The standard InChI is InChI=1S/C21H15F4N3O2S/c1-2-15-27-18-17-12(22)7-5-9-14(17)31-19(18)20(30)28(15)10-16(29)26-13-8-4-3-6-11(13)21(23,24)25/h3-9H,2,10H2,1H3,(H,26,29). The number of aromatic nitrogens is 2. The average Bonchev–Trinajstić information content (AvgIpc) is 3.09. The number of nitrogens with zero attached hydrogens (tertiary/aromatic N) is 2. The zero-order valence-corrected chi connectivity index (χ0v) is 16.9. The second kappa shape index (κ2) is 7.77. The van der Waals surface area contributed by atoms with Gasteiger partial charge in [-0.25, -0.2) is 9.37 Å². The van der Waals surface area contributed by atoms with E-state index in [1.807, 2.05) is 0 Å². The van der Waals surface area contributed by atoms with Gasteiger partial charge in [0.1, 0.15) is 22.9 Å². The van der Waals surface area contributed by atoms with Gasteiger partial charge in [-0.2, -0.15) is 13.2 Å². The molecule has 4 aromatic rings. The Morgan fingerprint density at radius 1 is 1.16 bits per heavy atom. The maximum absolute atomic E-state index is 14.3. The second-order valence-electron chi connectivity index (χ2n) is 6.76. The number of para-hydroxylation sites is 1. The molecule has 0 atom stereocenters. The average molecular weight is 449 g/mol. The molecular formula is C21H15F4N3O2S. The molecule has 0 aliphatic heterocycles. The normalized spacial score (nSPS) is 11.9. The van der Waals surface area contributed by atoms with Gasteiger partial charge < -0.3 is 5.32 Å². The van der Waals surface area contributed by atoms with Gasteiger partial charge in [-0.3, -0.25) is 14.2 Å². The molecule has 1 amide bonds. The maximum Gasteiger partial charge on any atom is 0.418 e. The van der Waals surface area contributed by atoms with Gasteiger partial charge in [0.25, 0.3) is 5.56 Å². The summed E-state index contributed by atoms with van der Waals surface area (Å²) in [6.45, 7) is 1.19. The molecule has 0 fully saturated rings. The van der Waals surface area contributed by atoms with E-state index >= 15 is 0 Å². The molecule has 0 aliphatic rings. The predicted molar refractivity (Wildman–Crippen MR) is 111 cm³/mol. The first-order valence-corrected chi connectivity index (χ1v) is 10.1. The first kappa shape index (κ1) is 21.0. The molecular weight excluding hydrogens is 434 g/mol. The summed E-state index contributed by atoms with van der Waals surface area (Å²) in [4.78, 5) is 30.0. The molecule has 0 saturated heterocycles. The minimum atomic E-state index is -4.64. The molecule has 2 heterocycles. The van der Waals surface area contributed by atoms with Gasteiger partial charge in [0.2, 0.25) is 5.91 Å². The van der Waals surface area contributed by atoms with E-state index in [9.17, 15) is 27.2 Å². The highest BCUT2D eigenvalue weighted by atomic mass is 32.1. The fraction of sp³-hybridized carbons (Fsp3) is 0.190. The summed E-state index contributed by atoms with van der Waals surface area (Å²) in [5.41, 5.74) is -1.70. The number of rotatable bonds is 4. The van der Waals surface area contributed by atoms with Crippen LogP contribution in [-0.2, 0) is 23.9 Å². The molecule has 0 radical (unpaired) electrons. The Balaban J connectivity index is 1.75. The molecule has 4 rings (SSSR count). The highest BCUT2D eigenvalue weighted by molar-refractivity contribution is 7.25. The zero-order chi connectivity index (χ0) is 22.3. The molecule has 10 heteroatoms. The van der Waals surface area contributed by atoms with Crippen molar-refractivity contribution in [1.82, 2.24) is 9.55 Å². The van der Waals surface area contributed by atoms with E-state index in [-0.39, 0.29) is 27.8 Å². The van der Waals surface area contributed by atoms with Crippen LogP contribution < -0.4 is 10.9 Å². The number of halogens is 4. The highest BCUT2D eigenvalue weighted by Crippen LogP contribution is 2.35. The van der Waals surface area contributed by atoms with Crippen LogP contribution in [0.2, 0.25) is 0 Å². The van der Waals surface area contributed by atoms with E-state index in [4.69, 9.17) is 0 Å². The van der Waals surface area contributed by atoms with Gasteiger partial charge in [0.15, 0.2) is 0 Å². The molecule has 2 aromatic heterocycles. The van der Waals surface area contributed by atoms with E-state index < -0.39 is 41.3 Å². The number of carbonyl (C=O) groups is 1. The molecule has 160 valence electrons. The summed E-state index contributed by atoms with van der Waals surface area (Å²) in [6, 6.07) is 9.06. The zero-order valence-electron chi connectivity index (χ0n) is 16.1. The first-order chi connectivity index (χ1) is 14.7. The van der Waals surface area contributed by atoms with Crippen molar-refractivity contribution < 1.29 is 22.4 Å². The monoisotopic (exact) mass is 449 g/mol. The molecule has 2 aromatic carbocycles. The van der Waals surface area contributed by atoms with Crippen molar-refractivity contribution >= 4 is 43.2 Å². The van der Waals surface area contributed by atoms with Crippen LogP contribution in [0, 0.1) is 5.82 Å². The molecule has 0 unspecified atom stereocenters. The third kappa shape index (κ3) is 3.78. The van der Waals surface area contributed by atoms with E-state index in [1.165, 1.54) is 24.3 Å². The summed E-state index contributed by atoms with van der Waals surface area (Å²) in [5, 5.41) is 2.47. The third-order valence-electron chi connectivity index (χ3n) is 4.76. The number of thiophene rings is 1. The molecule has 5 nitrogen and oxygen atoms in total. The Morgan fingerprint density at radius 3 is 2.61 bits per heavy atom. The summed E-state index contributed by atoms with van der Waals surface area (Å²) < 4.78 is 55.7. The summed E-state index contributed by atoms with van der Waals surface area (Å²) in [7, 11) is 0. The van der Waals surface area contributed by atoms with Crippen molar-refractivity contribution in [2.24, 2.45) is 0 Å². The van der Waals surface area contributed by atoms with Crippen molar-refractivity contribution in [3.8, 4) is 0 Å². The number of hydrogen-bond acceptors (Lipinski definition) is 4. The minimum absolute atomic E-state index is 0.181. The topological polar surface area (TPSA) is 64.0 Å². The number of benzene rings is 2. The second-order valence-corrected chi connectivity index (χ2v) is 7.81. The van der Waals surface area contributed by atoms with Crippen molar-refractivity contribution in [3.63, 3.8) is 0 Å². The number of nitrogens with one attached hydrogen (secondary N) is 1. The van der Waals surface area contributed by atoms with E-state index in [0.717, 1.165) is 28.0 Å². The van der Waals surface area contributed by atoms with E-state index in [2.05, 4.69) is 10.3 Å². The number of amides is 1. The molecule has 0 aliphatic carbocycles. The fourth-order valence-electron chi connectivity index (χ4n) is 3.38. The van der Waals surface area contributed by atoms with Gasteiger partial charge in [-0.05, 0) is 24.3 Å². The molecule has 0 spiro atoms. The van der Waals surface area contributed by atoms with Gasteiger partial charge in [-0.1, -0.05) is 25.1 Å². The SMILES string of the molecule is CCc1nc2c(sc3cccc(F)c32)c(=O)n1CC(=O)Nc1ccccc1C(F)(F)F.